The molecule has 1 amide bonds. The third-order valence-corrected chi connectivity index (χ3v) is 4.45. The minimum Gasteiger partial charge on any atom is -0.468 e. The molecule has 0 radical (unpaired) electrons. The normalized spacial score (nSPS) is 10.8. The largest absolute Gasteiger partial charge is 0.468 e. The van der Waals surface area contributed by atoms with E-state index in [-0.39, 0.29) is 12.0 Å². The third kappa shape index (κ3) is 3.45. The number of aromatic nitrogens is 5. The molecule has 9 heteroatoms. The van der Waals surface area contributed by atoms with E-state index in [1.807, 2.05) is 37.3 Å². The Morgan fingerprint density at radius 1 is 1.10 bits per heavy atom. The SMILES string of the molecule is COc1nc2c(C(N)=O)cccc2n1-c1nnc(C)c(NCc2ccccc2)n1. The summed E-state index contributed by atoms with van der Waals surface area (Å²) in [5.41, 5.74) is 8.55. The number of nitrogens with one attached hydrogen (secondary N) is 1. The van der Waals surface area contributed by atoms with E-state index in [9.17, 15) is 4.79 Å². The van der Waals surface area contributed by atoms with Crippen molar-refractivity contribution in [3.05, 3.63) is 65.4 Å². The first-order chi connectivity index (χ1) is 14.1. The van der Waals surface area contributed by atoms with Gasteiger partial charge in [0.2, 0.25) is 0 Å². The molecule has 0 spiro atoms. The Morgan fingerprint density at radius 2 is 1.90 bits per heavy atom. The number of carbonyl (C=O) groups excluding carboxylic acids is 1. The number of hydrogen-bond donors (Lipinski definition) is 2. The second-order valence-corrected chi connectivity index (χ2v) is 6.36. The molecule has 0 aliphatic heterocycles. The maximum absolute atomic E-state index is 11.8. The molecule has 0 aliphatic carbocycles. The summed E-state index contributed by atoms with van der Waals surface area (Å²) in [4.78, 5) is 20.7. The summed E-state index contributed by atoms with van der Waals surface area (Å²) < 4.78 is 6.99. The van der Waals surface area contributed by atoms with E-state index in [1.54, 1.807) is 22.8 Å². The smallest absolute Gasteiger partial charge is 0.304 e. The lowest BCUT2D eigenvalue weighted by Gasteiger charge is -2.11. The number of fused-ring (bicyclic) bond motifs is 1. The number of ether oxygens (including phenoxy) is 1. The number of nitrogens with zero attached hydrogens (tertiary/aromatic N) is 5. The Kier molecular flexibility index (Phi) is 4.78. The number of rotatable bonds is 6. The fourth-order valence-electron chi connectivity index (χ4n) is 3.02. The van der Waals surface area contributed by atoms with Crippen molar-refractivity contribution in [2.24, 2.45) is 5.73 Å². The molecule has 3 N–H and O–H groups in total. The highest BCUT2D eigenvalue weighted by molar-refractivity contribution is 6.04. The van der Waals surface area contributed by atoms with Gasteiger partial charge in [-0.1, -0.05) is 36.4 Å². The lowest BCUT2D eigenvalue weighted by atomic mass is 10.2. The number of methoxy groups -OCH3 is 1. The number of primary amides is 1. The van der Waals surface area contributed by atoms with Crippen LogP contribution in [0.25, 0.3) is 17.0 Å². The molecule has 0 atom stereocenters. The van der Waals surface area contributed by atoms with Gasteiger partial charge in [-0.25, -0.2) is 4.57 Å². The van der Waals surface area contributed by atoms with Crippen LogP contribution in [0, 0.1) is 6.92 Å². The minimum atomic E-state index is -0.573. The maximum atomic E-state index is 11.8. The van der Waals surface area contributed by atoms with E-state index < -0.39 is 5.91 Å². The van der Waals surface area contributed by atoms with Crippen LogP contribution in [-0.4, -0.2) is 37.7 Å². The Balaban J connectivity index is 1.78. The van der Waals surface area contributed by atoms with Gasteiger partial charge >= 0.3 is 6.01 Å². The van der Waals surface area contributed by atoms with Gasteiger partial charge in [-0.2, -0.15) is 9.97 Å². The van der Waals surface area contributed by atoms with Crippen LogP contribution in [0.2, 0.25) is 0 Å². The molecule has 2 aromatic carbocycles. The Bertz CT molecular complexity index is 1190. The number of hydrogen-bond acceptors (Lipinski definition) is 7. The maximum Gasteiger partial charge on any atom is 0.304 e. The first kappa shape index (κ1) is 18.4. The Labute approximate surface area is 166 Å². The molecule has 0 aliphatic rings. The number of imidazole rings is 1. The quantitative estimate of drug-likeness (QED) is 0.519. The minimum absolute atomic E-state index is 0.230. The van der Waals surface area contributed by atoms with Crippen LogP contribution in [-0.2, 0) is 6.54 Å². The summed E-state index contributed by atoms with van der Waals surface area (Å²) in [5, 5.41) is 11.7. The summed E-state index contributed by atoms with van der Waals surface area (Å²) in [6.45, 7) is 2.42. The average molecular weight is 389 g/mol. The van der Waals surface area contributed by atoms with Crippen LogP contribution in [0.3, 0.4) is 0 Å². The average Bonchev–Trinajstić information content (AvgIpc) is 3.12. The van der Waals surface area contributed by atoms with Crippen molar-refractivity contribution in [1.29, 1.82) is 0 Å². The van der Waals surface area contributed by atoms with Crippen LogP contribution in [0.1, 0.15) is 21.6 Å². The van der Waals surface area contributed by atoms with Gasteiger partial charge in [-0.15, -0.1) is 10.2 Å². The second-order valence-electron chi connectivity index (χ2n) is 6.36. The number of nitrogens with two attached hydrogens (primary N) is 1. The lowest BCUT2D eigenvalue weighted by molar-refractivity contribution is 0.100. The fourth-order valence-corrected chi connectivity index (χ4v) is 3.02. The van der Waals surface area contributed by atoms with E-state index >= 15 is 0 Å². The van der Waals surface area contributed by atoms with E-state index in [4.69, 9.17) is 10.5 Å². The molecule has 4 rings (SSSR count). The number of para-hydroxylation sites is 1. The number of anilines is 1. The van der Waals surface area contributed by atoms with Crippen molar-refractivity contribution in [3.8, 4) is 12.0 Å². The molecule has 0 unspecified atom stereocenters. The van der Waals surface area contributed by atoms with Crippen LogP contribution in [0.15, 0.2) is 48.5 Å². The standard InChI is InChI=1S/C20H19N7O2/c1-12-18(22-11-13-7-4-3-5-8-13)24-19(26-25-12)27-15-10-6-9-14(17(21)28)16(15)23-20(27)29-2/h3-10H,11H2,1-2H3,(H2,21,28)(H,22,24,26). The van der Waals surface area contributed by atoms with E-state index in [1.165, 1.54) is 7.11 Å². The van der Waals surface area contributed by atoms with Gasteiger partial charge in [0.25, 0.3) is 11.9 Å². The van der Waals surface area contributed by atoms with Crippen molar-refractivity contribution < 1.29 is 9.53 Å². The van der Waals surface area contributed by atoms with Crippen molar-refractivity contribution >= 4 is 22.8 Å². The molecule has 146 valence electrons. The fraction of sp³-hybridized carbons (Fsp3) is 0.150. The molecule has 4 aromatic rings. The molecular formula is C20H19N7O2. The summed E-state index contributed by atoms with van der Waals surface area (Å²) >= 11 is 0. The number of carbonyl (C=O) groups is 1. The number of aryl methyl sites for hydroxylation is 1. The first-order valence-electron chi connectivity index (χ1n) is 8.93. The molecule has 2 heterocycles. The van der Waals surface area contributed by atoms with Gasteiger partial charge in [-0.05, 0) is 24.6 Å². The zero-order valence-corrected chi connectivity index (χ0v) is 16.0. The number of benzene rings is 2. The van der Waals surface area contributed by atoms with Gasteiger partial charge in [0, 0.05) is 6.54 Å². The second kappa shape index (κ2) is 7.55. The van der Waals surface area contributed by atoms with Crippen LogP contribution < -0.4 is 15.8 Å². The third-order valence-electron chi connectivity index (χ3n) is 4.45. The van der Waals surface area contributed by atoms with Gasteiger partial charge in [-0.3, -0.25) is 4.79 Å². The van der Waals surface area contributed by atoms with Gasteiger partial charge in [0.05, 0.1) is 18.2 Å². The van der Waals surface area contributed by atoms with Gasteiger partial charge < -0.3 is 15.8 Å². The van der Waals surface area contributed by atoms with Crippen LogP contribution >= 0.6 is 0 Å². The molecule has 29 heavy (non-hydrogen) atoms. The van der Waals surface area contributed by atoms with Crippen molar-refractivity contribution in [2.75, 3.05) is 12.4 Å². The molecule has 0 saturated heterocycles. The predicted octanol–water partition coefficient (Wildman–Crippen LogP) is 2.24. The van der Waals surface area contributed by atoms with E-state index in [2.05, 4.69) is 25.5 Å². The zero-order chi connectivity index (χ0) is 20.4. The van der Waals surface area contributed by atoms with Crippen LogP contribution in [0.4, 0.5) is 5.82 Å². The monoisotopic (exact) mass is 389 g/mol. The summed E-state index contributed by atoms with van der Waals surface area (Å²) in [6, 6.07) is 15.3. The summed E-state index contributed by atoms with van der Waals surface area (Å²) in [6.07, 6.45) is 0. The highest BCUT2D eigenvalue weighted by Gasteiger charge is 2.20. The molecule has 0 saturated carbocycles. The van der Waals surface area contributed by atoms with Crippen molar-refractivity contribution in [2.45, 2.75) is 13.5 Å². The van der Waals surface area contributed by atoms with E-state index in [0.29, 0.717) is 34.7 Å². The van der Waals surface area contributed by atoms with Crippen molar-refractivity contribution in [1.82, 2.24) is 24.7 Å². The number of amides is 1. The summed E-state index contributed by atoms with van der Waals surface area (Å²) in [7, 11) is 1.48. The Hall–Kier alpha value is -4.01. The highest BCUT2D eigenvalue weighted by Crippen LogP contribution is 2.27. The van der Waals surface area contributed by atoms with Crippen molar-refractivity contribution in [3.63, 3.8) is 0 Å². The molecular weight excluding hydrogens is 370 g/mol. The van der Waals surface area contributed by atoms with E-state index in [0.717, 1.165) is 5.56 Å². The molecule has 9 nitrogen and oxygen atoms in total. The molecule has 0 fully saturated rings. The van der Waals surface area contributed by atoms with Crippen LogP contribution in [0.5, 0.6) is 6.01 Å². The molecule has 0 bridgehead atoms. The molecule has 2 aromatic heterocycles. The van der Waals surface area contributed by atoms with Gasteiger partial charge in [0.1, 0.15) is 11.2 Å². The first-order valence-corrected chi connectivity index (χ1v) is 8.93. The Morgan fingerprint density at radius 3 is 2.62 bits per heavy atom. The summed E-state index contributed by atoms with van der Waals surface area (Å²) in [5.74, 6) is 0.289. The van der Waals surface area contributed by atoms with Gasteiger partial charge in [0.15, 0.2) is 5.82 Å². The zero-order valence-electron chi connectivity index (χ0n) is 16.0. The predicted molar refractivity (Wildman–Crippen MR) is 108 cm³/mol. The lowest BCUT2D eigenvalue weighted by Crippen LogP contribution is -2.12. The topological polar surface area (TPSA) is 121 Å². The highest BCUT2D eigenvalue weighted by atomic mass is 16.5.